The summed E-state index contributed by atoms with van der Waals surface area (Å²) in [6.07, 6.45) is 2.97. The van der Waals surface area contributed by atoms with Crippen LogP contribution in [0.4, 0.5) is 4.79 Å². The lowest BCUT2D eigenvalue weighted by Crippen LogP contribution is -2.35. The monoisotopic (exact) mass is 128 g/mol. The van der Waals surface area contributed by atoms with Crippen LogP contribution in [0.25, 0.3) is 0 Å². The molecule has 0 aromatic rings. The molecule has 0 aromatic heterocycles. The lowest BCUT2D eigenvalue weighted by atomic mass is 10.5. The van der Waals surface area contributed by atoms with Gasteiger partial charge < -0.3 is 10.5 Å². The molecular formula is C5H8N2O2. The van der Waals surface area contributed by atoms with Crippen molar-refractivity contribution in [2.24, 2.45) is 5.73 Å². The highest BCUT2D eigenvalue weighted by Gasteiger charge is 2.07. The third-order valence-corrected chi connectivity index (χ3v) is 1.07. The molecule has 0 radical (unpaired) electrons. The van der Waals surface area contributed by atoms with Crippen LogP contribution in [-0.2, 0) is 4.74 Å². The summed E-state index contributed by atoms with van der Waals surface area (Å²) in [6.45, 7) is 1.07. The Morgan fingerprint density at radius 3 is 2.89 bits per heavy atom. The molecule has 0 spiro atoms. The standard InChI is InChI=1S/C5H8N2O2/c6-5(8)7-1-3-9-4-2-7/h1,3H,2,4H2,(H2,6,8). The number of carbonyl (C=O) groups is 1. The zero-order chi connectivity index (χ0) is 6.69. The highest BCUT2D eigenvalue weighted by molar-refractivity contribution is 5.73. The van der Waals surface area contributed by atoms with Gasteiger partial charge in [-0.1, -0.05) is 0 Å². The maximum atomic E-state index is 10.4. The average Bonchev–Trinajstić information content (AvgIpc) is 1.90. The maximum absolute atomic E-state index is 10.4. The predicted octanol–water partition coefficient (Wildman–Crippen LogP) is -0.131. The van der Waals surface area contributed by atoms with Crippen molar-refractivity contribution in [2.75, 3.05) is 13.2 Å². The summed E-state index contributed by atoms with van der Waals surface area (Å²) in [5, 5.41) is 0. The molecule has 2 N–H and O–H groups in total. The molecule has 50 valence electrons. The fourth-order valence-electron chi connectivity index (χ4n) is 0.594. The van der Waals surface area contributed by atoms with E-state index < -0.39 is 6.03 Å². The first-order valence-corrected chi connectivity index (χ1v) is 2.65. The van der Waals surface area contributed by atoms with E-state index in [1.807, 2.05) is 0 Å². The van der Waals surface area contributed by atoms with Crippen molar-refractivity contribution in [2.45, 2.75) is 0 Å². The van der Waals surface area contributed by atoms with Gasteiger partial charge in [0.1, 0.15) is 6.61 Å². The van der Waals surface area contributed by atoms with Crippen LogP contribution in [0, 0.1) is 0 Å². The van der Waals surface area contributed by atoms with E-state index in [0.717, 1.165) is 0 Å². The second kappa shape index (κ2) is 2.39. The van der Waals surface area contributed by atoms with Gasteiger partial charge in [0.2, 0.25) is 0 Å². The molecule has 4 nitrogen and oxygen atoms in total. The Kier molecular flexibility index (Phi) is 1.58. The summed E-state index contributed by atoms with van der Waals surface area (Å²) in [7, 11) is 0. The minimum absolute atomic E-state index is 0.436. The topological polar surface area (TPSA) is 55.6 Å². The van der Waals surface area contributed by atoms with Crippen molar-refractivity contribution < 1.29 is 9.53 Å². The molecule has 0 bridgehead atoms. The molecule has 1 aliphatic rings. The number of ether oxygens (including phenoxy) is 1. The molecule has 0 aromatic carbocycles. The van der Waals surface area contributed by atoms with Gasteiger partial charge in [0.25, 0.3) is 0 Å². The minimum atomic E-state index is -0.436. The number of hydrogen-bond donors (Lipinski definition) is 1. The van der Waals surface area contributed by atoms with Crippen molar-refractivity contribution in [3.63, 3.8) is 0 Å². The third kappa shape index (κ3) is 1.35. The van der Waals surface area contributed by atoms with Crippen LogP contribution in [0.5, 0.6) is 0 Å². The van der Waals surface area contributed by atoms with E-state index in [4.69, 9.17) is 10.5 Å². The lowest BCUT2D eigenvalue weighted by Gasteiger charge is -2.18. The van der Waals surface area contributed by atoms with E-state index in [9.17, 15) is 4.79 Å². The smallest absolute Gasteiger partial charge is 0.319 e. The molecule has 0 fully saturated rings. The number of nitrogens with zero attached hydrogens (tertiary/aromatic N) is 1. The Bertz CT molecular complexity index is 144. The molecule has 0 aliphatic carbocycles. The summed E-state index contributed by atoms with van der Waals surface area (Å²) >= 11 is 0. The van der Waals surface area contributed by atoms with E-state index in [-0.39, 0.29) is 0 Å². The number of rotatable bonds is 0. The van der Waals surface area contributed by atoms with Gasteiger partial charge in [0.05, 0.1) is 12.8 Å². The molecule has 0 unspecified atom stereocenters. The summed E-state index contributed by atoms with van der Waals surface area (Å²) in [5.74, 6) is 0. The van der Waals surface area contributed by atoms with Gasteiger partial charge in [0.15, 0.2) is 0 Å². The first-order chi connectivity index (χ1) is 4.30. The zero-order valence-electron chi connectivity index (χ0n) is 4.91. The Balaban J connectivity index is 2.50. The molecule has 2 amide bonds. The number of nitrogens with two attached hydrogens (primary N) is 1. The fraction of sp³-hybridized carbons (Fsp3) is 0.400. The molecular weight excluding hydrogens is 120 g/mol. The van der Waals surface area contributed by atoms with Crippen molar-refractivity contribution in [1.29, 1.82) is 0 Å². The number of amides is 2. The molecule has 0 atom stereocenters. The Morgan fingerprint density at radius 1 is 1.78 bits per heavy atom. The van der Waals surface area contributed by atoms with Gasteiger partial charge >= 0.3 is 6.03 Å². The largest absolute Gasteiger partial charge is 0.498 e. The van der Waals surface area contributed by atoms with E-state index in [1.54, 1.807) is 0 Å². The van der Waals surface area contributed by atoms with Gasteiger partial charge in [-0.25, -0.2) is 4.79 Å². The van der Waals surface area contributed by atoms with Gasteiger partial charge in [-0.15, -0.1) is 0 Å². The van der Waals surface area contributed by atoms with Gasteiger partial charge in [-0.2, -0.15) is 0 Å². The normalized spacial score (nSPS) is 17.1. The summed E-state index contributed by atoms with van der Waals surface area (Å²) in [5.41, 5.74) is 4.95. The van der Waals surface area contributed by atoms with Crippen LogP contribution in [0.2, 0.25) is 0 Å². The lowest BCUT2D eigenvalue weighted by molar-refractivity contribution is 0.173. The van der Waals surface area contributed by atoms with E-state index in [0.29, 0.717) is 13.2 Å². The molecule has 9 heavy (non-hydrogen) atoms. The molecule has 0 saturated heterocycles. The van der Waals surface area contributed by atoms with Crippen LogP contribution >= 0.6 is 0 Å². The van der Waals surface area contributed by atoms with Crippen molar-refractivity contribution in [3.8, 4) is 0 Å². The minimum Gasteiger partial charge on any atom is -0.498 e. The predicted molar refractivity (Wildman–Crippen MR) is 31.4 cm³/mol. The Morgan fingerprint density at radius 2 is 2.56 bits per heavy atom. The fourth-order valence-corrected chi connectivity index (χ4v) is 0.594. The number of primary amides is 1. The number of urea groups is 1. The highest BCUT2D eigenvalue weighted by atomic mass is 16.5. The van der Waals surface area contributed by atoms with Crippen LogP contribution in [0.1, 0.15) is 0 Å². The van der Waals surface area contributed by atoms with Crippen LogP contribution in [0.15, 0.2) is 12.5 Å². The summed E-state index contributed by atoms with van der Waals surface area (Å²) < 4.78 is 4.82. The quantitative estimate of drug-likeness (QED) is 0.494. The van der Waals surface area contributed by atoms with E-state index in [1.165, 1.54) is 17.4 Å². The number of carbonyl (C=O) groups excluding carboxylic acids is 1. The highest BCUT2D eigenvalue weighted by Crippen LogP contribution is 1.95. The summed E-state index contributed by atoms with van der Waals surface area (Å²) in [6, 6.07) is -0.436. The first kappa shape index (κ1) is 5.94. The van der Waals surface area contributed by atoms with Crippen LogP contribution in [-0.4, -0.2) is 24.1 Å². The first-order valence-electron chi connectivity index (χ1n) is 2.65. The zero-order valence-corrected chi connectivity index (χ0v) is 4.91. The SMILES string of the molecule is NC(=O)N1C=COCC1. The Hall–Kier alpha value is -1.19. The Labute approximate surface area is 52.9 Å². The molecule has 1 aliphatic heterocycles. The van der Waals surface area contributed by atoms with Crippen molar-refractivity contribution in [1.82, 2.24) is 4.90 Å². The maximum Gasteiger partial charge on any atom is 0.319 e. The second-order valence-electron chi connectivity index (χ2n) is 1.69. The van der Waals surface area contributed by atoms with Crippen molar-refractivity contribution in [3.05, 3.63) is 12.5 Å². The summed E-state index contributed by atoms with van der Waals surface area (Å²) in [4.78, 5) is 11.8. The molecule has 0 saturated carbocycles. The molecule has 4 heteroatoms. The van der Waals surface area contributed by atoms with E-state index in [2.05, 4.69) is 0 Å². The van der Waals surface area contributed by atoms with Crippen LogP contribution < -0.4 is 5.73 Å². The molecule has 1 rings (SSSR count). The van der Waals surface area contributed by atoms with Gasteiger partial charge in [-0.05, 0) is 0 Å². The third-order valence-electron chi connectivity index (χ3n) is 1.07. The average molecular weight is 128 g/mol. The van der Waals surface area contributed by atoms with Crippen molar-refractivity contribution >= 4 is 6.03 Å². The molecule has 1 heterocycles. The van der Waals surface area contributed by atoms with E-state index >= 15 is 0 Å². The van der Waals surface area contributed by atoms with Gasteiger partial charge in [0, 0.05) is 6.20 Å². The second-order valence-corrected chi connectivity index (χ2v) is 1.69. The van der Waals surface area contributed by atoms with Gasteiger partial charge in [-0.3, -0.25) is 4.90 Å². The van der Waals surface area contributed by atoms with Crippen LogP contribution in [0.3, 0.4) is 0 Å². The number of hydrogen-bond acceptors (Lipinski definition) is 2.